The molecule has 0 bridgehead atoms. The van der Waals surface area contributed by atoms with Gasteiger partial charge in [-0.15, -0.1) is 6.58 Å². The molecule has 49 heavy (non-hydrogen) atoms. The van der Waals surface area contributed by atoms with Gasteiger partial charge in [-0.25, -0.2) is 13.1 Å². The first-order valence-corrected chi connectivity index (χ1v) is 18.2. The van der Waals surface area contributed by atoms with Crippen molar-refractivity contribution in [2.75, 3.05) is 19.7 Å². The van der Waals surface area contributed by atoms with Crippen LogP contribution in [0.3, 0.4) is 0 Å². The predicted molar refractivity (Wildman–Crippen MR) is 195 cm³/mol. The van der Waals surface area contributed by atoms with Crippen LogP contribution in [-0.4, -0.2) is 50.0 Å². The van der Waals surface area contributed by atoms with Crippen LogP contribution in [0, 0.1) is 10.1 Å². The van der Waals surface area contributed by atoms with Gasteiger partial charge >= 0.3 is 0 Å². The molecule has 0 unspecified atom stereocenters. The number of hydrogen-bond acceptors (Lipinski definition) is 6. The van der Waals surface area contributed by atoms with Crippen LogP contribution >= 0.6 is 15.9 Å². The molecule has 1 saturated heterocycles. The Bertz CT molecular complexity index is 1900. The summed E-state index contributed by atoms with van der Waals surface area (Å²) in [6.07, 6.45) is 1.80. The highest BCUT2D eigenvalue weighted by molar-refractivity contribution is 9.10. The van der Waals surface area contributed by atoms with Crippen LogP contribution in [0.2, 0.25) is 0 Å². The number of nitro groups is 1. The van der Waals surface area contributed by atoms with Crippen LogP contribution < -0.4 is 4.72 Å². The van der Waals surface area contributed by atoms with E-state index in [1.54, 1.807) is 6.08 Å². The first-order chi connectivity index (χ1) is 23.8. The molecule has 1 heterocycles. The summed E-state index contributed by atoms with van der Waals surface area (Å²) in [5.74, 6) is -0.137. The number of nitrogens with one attached hydrogen (secondary N) is 1. The number of nitro benzene ring substituents is 1. The highest BCUT2D eigenvalue weighted by Gasteiger charge is 2.50. The first-order valence-electron chi connectivity index (χ1n) is 15.9. The molecular weight excluding hydrogens is 702 g/mol. The van der Waals surface area contributed by atoms with E-state index in [9.17, 15) is 18.5 Å². The average Bonchev–Trinajstić information content (AvgIpc) is 3.13. The molecule has 0 saturated carbocycles. The lowest BCUT2D eigenvalue weighted by Crippen LogP contribution is -2.67. The van der Waals surface area contributed by atoms with E-state index < -0.39 is 26.2 Å². The maximum Gasteiger partial charge on any atom is 0.289 e. The van der Waals surface area contributed by atoms with Crippen molar-refractivity contribution in [1.82, 2.24) is 9.62 Å². The molecule has 1 aliphatic rings. The minimum Gasteiger partial charge on any atom is -0.359 e. The van der Waals surface area contributed by atoms with Crippen LogP contribution in [0.15, 0.2) is 162 Å². The lowest BCUT2D eigenvalue weighted by molar-refractivity contribution is -0.387. The Kier molecular flexibility index (Phi) is 10.5. The Morgan fingerprint density at radius 1 is 0.796 bits per heavy atom. The number of halogens is 1. The van der Waals surface area contributed by atoms with Gasteiger partial charge in [-0.05, 0) is 40.5 Å². The Labute approximate surface area is 295 Å². The summed E-state index contributed by atoms with van der Waals surface area (Å²) < 4.78 is 37.8. The molecule has 0 spiro atoms. The number of likely N-dealkylation sites (tertiary alicyclic amines) is 1. The summed E-state index contributed by atoms with van der Waals surface area (Å²) in [6.45, 7) is 4.81. The van der Waals surface area contributed by atoms with Crippen molar-refractivity contribution in [3.05, 3.63) is 189 Å². The Morgan fingerprint density at radius 3 is 1.82 bits per heavy atom. The molecule has 0 aliphatic carbocycles. The van der Waals surface area contributed by atoms with Crippen LogP contribution in [0.5, 0.6) is 0 Å². The SMILES string of the molecule is C=CCN1[C@H](CNS(=O)(=O)c2ccccc2[N+](=O)[O-])[C@H](c2ccc(Br)cc2)[C@H]1COC(c1ccccc1)(c1ccccc1)c1ccccc1. The van der Waals surface area contributed by atoms with Crippen LogP contribution in [0.4, 0.5) is 5.69 Å². The lowest BCUT2D eigenvalue weighted by atomic mass is 9.74. The Balaban J connectivity index is 1.38. The number of nitrogens with zero attached hydrogens (tertiary/aromatic N) is 2. The van der Waals surface area contributed by atoms with Gasteiger partial charge in [0.25, 0.3) is 5.69 Å². The van der Waals surface area contributed by atoms with Gasteiger partial charge < -0.3 is 4.74 Å². The van der Waals surface area contributed by atoms with Crippen LogP contribution in [0.25, 0.3) is 0 Å². The van der Waals surface area contributed by atoms with Gasteiger partial charge in [0.1, 0.15) is 5.60 Å². The molecular formula is C39H36BrN3O5S. The monoisotopic (exact) mass is 737 g/mol. The van der Waals surface area contributed by atoms with E-state index in [-0.39, 0.29) is 29.4 Å². The maximum absolute atomic E-state index is 13.5. The van der Waals surface area contributed by atoms with Crippen molar-refractivity contribution >= 4 is 31.6 Å². The summed E-state index contributed by atoms with van der Waals surface area (Å²) in [7, 11) is -4.20. The Hall–Kier alpha value is -4.45. The summed E-state index contributed by atoms with van der Waals surface area (Å²) in [4.78, 5) is 12.8. The van der Waals surface area contributed by atoms with Crippen LogP contribution in [-0.2, 0) is 20.4 Å². The van der Waals surface area contributed by atoms with E-state index in [1.807, 2.05) is 78.9 Å². The molecule has 6 rings (SSSR count). The number of rotatable bonds is 14. The molecule has 0 radical (unpaired) electrons. The minimum atomic E-state index is -4.20. The van der Waals surface area contributed by atoms with Gasteiger partial charge in [0, 0.05) is 41.6 Å². The highest BCUT2D eigenvalue weighted by atomic mass is 79.9. The number of hydrogen-bond donors (Lipinski definition) is 1. The molecule has 1 aliphatic heterocycles. The molecule has 0 amide bonds. The third-order valence-corrected chi connectivity index (χ3v) is 11.1. The Morgan fingerprint density at radius 2 is 1.31 bits per heavy atom. The molecule has 8 nitrogen and oxygen atoms in total. The average molecular weight is 739 g/mol. The zero-order chi connectivity index (χ0) is 34.4. The first kappa shape index (κ1) is 34.4. The summed E-state index contributed by atoms with van der Waals surface area (Å²) in [6, 6.07) is 43.4. The molecule has 5 aromatic rings. The van der Waals surface area contributed by atoms with Crippen molar-refractivity contribution in [1.29, 1.82) is 0 Å². The third kappa shape index (κ3) is 7.01. The van der Waals surface area contributed by atoms with Gasteiger partial charge in [-0.3, -0.25) is 15.0 Å². The molecule has 1 fully saturated rings. The topological polar surface area (TPSA) is 102 Å². The second kappa shape index (κ2) is 15.0. The summed E-state index contributed by atoms with van der Waals surface area (Å²) in [5.41, 5.74) is 2.56. The zero-order valence-corrected chi connectivity index (χ0v) is 29.0. The van der Waals surface area contributed by atoms with Crippen molar-refractivity contribution in [2.45, 2.75) is 28.5 Å². The highest BCUT2D eigenvalue weighted by Crippen LogP contribution is 2.45. The fourth-order valence-corrected chi connectivity index (χ4v) is 8.38. The van der Waals surface area contributed by atoms with Gasteiger partial charge in [0.05, 0.1) is 11.5 Å². The second-order valence-electron chi connectivity index (χ2n) is 11.9. The number of ether oxygens (including phenoxy) is 1. The zero-order valence-electron chi connectivity index (χ0n) is 26.6. The molecule has 250 valence electrons. The van der Waals surface area contributed by atoms with E-state index in [0.29, 0.717) is 13.2 Å². The quantitative estimate of drug-likeness (QED) is 0.0544. The molecule has 10 heteroatoms. The van der Waals surface area contributed by atoms with E-state index in [4.69, 9.17) is 4.74 Å². The fraction of sp³-hybridized carbons (Fsp3) is 0.179. The molecule has 0 aromatic heterocycles. The summed E-state index contributed by atoms with van der Waals surface area (Å²) >= 11 is 3.54. The van der Waals surface area contributed by atoms with Gasteiger partial charge in [-0.1, -0.05) is 137 Å². The van der Waals surface area contributed by atoms with Gasteiger partial charge in [0.15, 0.2) is 4.90 Å². The van der Waals surface area contributed by atoms with E-state index >= 15 is 0 Å². The normalized spacial score (nSPS) is 18.0. The number of benzene rings is 5. The molecule has 1 N–H and O–H groups in total. The smallest absolute Gasteiger partial charge is 0.289 e. The number of sulfonamides is 1. The summed E-state index contributed by atoms with van der Waals surface area (Å²) in [5, 5.41) is 11.7. The van der Waals surface area contributed by atoms with Crippen molar-refractivity contribution in [3.8, 4) is 0 Å². The maximum atomic E-state index is 13.5. The van der Waals surface area contributed by atoms with Crippen molar-refractivity contribution in [2.24, 2.45) is 0 Å². The van der Waals surface area contributed by atoms with Gasteiger partial charge in [0.2, 0.25) is 10.0 Å². The van der Waals surface area contributed by atoms with E-state index in [1.165, 1.54) is 24.3 Å². The lowest BCUT2D eigenvalue weighted by Gasteiger charge is -2.56. The van der Waals surface area contributed by atoms with Crippen molar-refractivity contribution < 1.29 is 18.1 Å². The molecule has 5 aromatic carbocycles. The molecule has 3 atom stereocenters. The van der Waals surface area contributed by atoms with E-state index in [0.717, 1.165) is 26.7 Å². The predicted octanol–water partition coefficient (Wildman–Crippen LogP) is 7.67. The largest absolute Gasteiger partial charge is 0.359 e. The van der Waals surface area contributed by atoms with E-state index in [2.05, 4.69) is 68.5 Å². The fourth-order valence-electron chi connectivity index (χ4n) is 6.89. The van der Waals surface area contributed by atoms with Crippen molar-refractivity contribution in [3.63, 3.8) is 0 Å². The van der Waals surface area contributed by atoms with Gasteiger partial charge in [-0.2, -0.15) is 0 Å². The number of para-hydroxylation sites is 1. The second-order valence-corrected chi connectivity index (χ2v) is 14.5. The minimum absolute atomic E-state index is 0.0284. The third-order valence-electron chi connectivity index (χ3n) is 9.12. The standard InChI is InChI=1S/C39H36BrN3O5S/c1-2-26-42-35(27-41-49(46,47)37-21-13-12-20-34(37)43(44)45)38(29-22-24-33(40)25-23-29)36(42)28-48-39(30-14-6-3-7-15-30,31-16-8-4-9-17-31)32-18-10-5-11-19-32/h2-25,35-36,38,41H,1,26-28H2/t35-,36-,38+/m1/s1. The van der Waals surface area contributed by atoms with Crippen LogP contribution in [0.1, 0.15) is 28.2 Å².